The summed E-state index contributed by atoms with van der Waals surface area (Å²) in [5.41, 5.74) is 0. The van der Waals surface area contributed by atoms with Gasteiger partial charge in [-0.2, -0.15) is 30.3 Å². The van der Waals surface area contributed by atoms with Gasteiger partial charge in [0.1, 0.15) is 20.2 Å². The van der Waals surface area contributed by atoms with Gasteiger partial charge in [-0.3, -0.25) is 0 Å². The third kappa shape index (κ3) is 8.04. The van der Waals surface area contributed by atoms with Gasteiger partial charge in [0, 0.05) is 0 Å². The van der Waals surface area contributed by atoms with Crippen molar-refractivity contribution < 1.29 is 115 Å². The van der Waals surface area contributed by atoms with E-state index in [0.717, 1.165) is 5.30 Å². The molecule has 0 aliphatic carbocycles. The van der Waals surface area contributed by atoms with E-state index in [1.54, 1.807) is 36.4 Å². The standard InChI is InChI=1S/C18H14O6PS2.3Na/c19-26(20,21)17-10-4-8-15(12-17)25(14-6-2-1-3-7-14)16-9-5-11-18(13-16)27(22,23)24;;;/h1-2,4-13H,(H,19,20,21)(H,22,23,24);;;/q-1;3*+1/p-2. The summed E-state index contributed by atoms with van der Waals surface area (Å²) >= 11 is 0. The van der Waals surface area contributed by atoms with Crippen molar-refractivity contribution in [2.45, 2.75) is 9.79 Å². The smallest absolute Gasteiger partial charge is 0.744 e. The fourth-order valence-corrected chi connectivity index (χ4v) is 6.07. The maximum atomic E-state index is 11.4. The molecule has 0 aliphatic heterocycles. The van der Waals surface area contributed by atoms with Gasteiger partial charge in [-0.25, -0.2) is 16.8 Å². The Balaban J connectivity index is 0.00000280. The zero-order valence-corrected chi connectivity index (χ0v) is 25.2. The van der Waals surface area contributed by atoms with E-state index in [1.165, 1.54) is 36.4 Å². The maximum Gasteiger partial charge on any atom is 1.00 e. The van der Waals surface area contributed by atoms with Crippen LogP contribution < -0.4 is 105 Å². The van der Waals surface area contributed by atoms with Crippen LogP contribution in [0.1, 0.15) is 0 Å². The largest absolute Gasteiger partial charge is 1.00 e. The van der Waals surface area contributed by atoms with Crippen molar-refractivity contribution in [1.82, 2.24) is 0 Å². The molecule has 30 heavy (non-hydrogen) atoms. The van der Waals surface area contributed by atoms with E-state index in [2.05, 4.69) is 6.07 Å². The predicted octanol–water partition coefficient (Wildman–Crippen LogP) is -7.93. The van der Waals surface area contributed by atoms with Gasteiger partial charge in [0.15, 0.2) is 0 Å². The summed E-state index contributed by atoms with van der Waals surface area (Å²) in [6.45, 7) is 0. The van der Waals surface area contributed by atoms with Crippen molar-refractivity contribution in [1.29, 1.82) is 0 Å². The Morgan fingerprint density at radius 3 is 1.47 bits per heavy atom. The Kier molecular flexibility index (Phi) is 13.4. The van der Waals surface area contributed by atoms with E-state index in [4.69, 9.17) is 0 Å². The van der Waals surface area contributed by atoms with Crippen molar-refractivity contribution in [3.05, 3.63) is 78.9 Å². The fraction of sp³-hybridized carbons (Fsp3) is 0. The first-order valence-corrected chi connectivity index (χ1v) is 11.7. The molecule has 0 N–H and O–H groups in total. The Morgan fingerprint density at radius 1 is 0.667 bits per heavy atom. The Morgan fingerprint density at radius 2 is 1.10 bits per heavy atom. The van der Waals surface area contributed by atoms with Crippen molar-refractivity contribution in [3.8, 4) is 0 Å². The molecule has 3 aromatic rings. The van der Waals surface area contributed by atoms with E-state index in [1.807, 2.05) is 0 Å². The third-order valence-electron chi connectivity index (χ3n) is 3.68. The molecule has 0 bridgehead atoms. The number of hydrogen-bond acceptors (Lipinski definition) is 6. The second-order valence-electron chi connectivity index (χ2n) is 5.50. The monoisotopic (exact) mass is 488 g/mol. The first-order valence-electron chi connectivity index (χ1n) is 7.54. The van der Waals surface area contributed by atoms with Gasteiger partial charge in [-0.05, 0) is 34.9 Å². The predicted molar refractivity (Wildman–Crippen MR) is 99.9 cm³/mol. The molecule has 12 heteroatoms. The summed E-state index contributed by atoms with van der Waals surface area (Å²) in [5.74, 6) is 0. The molecule has 140 valence electrons. The van der Waals surface area contributed by atoms with E-state index in [0.29, 0.717) is 10.6 Å². The van der Waals surface area contributed by atoms with Crippen LogP contribution in [0.15, 0.2) is 82.6 Å². The molecule has 0 heterocycles. The van der Waals surface area contributed by atoms with Gasteiger partial charge in [0.05, 0.1) is 9.79 Å². The average molecular weight is 488 g/mol. The average Bonchev–Trinajstić information content (AvgIpc) is 2.62. The molecular formula is C18H12Na3O6PS2. The molecule has 0 saturated heterocycles. The van der Waals surface area contributed by atoms with Crippen LogP contribution in [0.3, 0.4) is 0 Å². The summed E-state index contributed by atoms with van der Waals surface area (Å²) in [4.78, 5) is -0.750. The van der Waals surface area contributed by atoms with Gasteiger partial charge < -0.3 is 9.11 Å². The first kappa shape index (κ1) is 30.9. The minimum Gasteiger partial charge on any atom is -0.744 e. The molecule has 0 amide bonds. The molecule has 0 aromatic heterocycles. The Bertz CT molecular complexity index is 1110. The van der Waals surface area contributed by atoms with Gasteiger partial charge in [0.2, 0.25) is 0 Å². The molecule has 0 unspecified atom stereocenters. The molecule has 3 rings (SSSR count). The summed E-state index contributed by atoms with van der Waals surface area (Å²) in [6, 6.07) is 21.0. The number of rotatable bonds is 5. The normalized spacial score (nSPS) is 11.0. The summed E-state index contributed by atoms with van der Waals surface area (Å²) in [6.07, 6.45) is 0. The van der Waals surface area contributed by atoms with Crippen LogP contribution in [0, 0.1) is 6.07 Å². The van der Waals surface area contributed by atoms with Crippen molar-refractivity contribution in [2.75, 3.05) is 0 Å². The van der Waals surface area contributed by atoms with Gasteiger partial charge >= 0.3 is 88.7 Å². The van der Waals surface area contributed by atoms with E-state index in [9.17, 15) is 25.9 Å². The second-order valence-corrected chi connectivity index (χ2v) is 10.5. The fourth-order valence-electron chi connectivity index (χ4n) is 2.53. The summed E-state index contributed by atoms with van der Waals surface area (Å²) in [5, 5.41) is 1.82. The number of benzene rings is 3. The van der Waals surface area contributed by atoms with Crippen LogP contribution in [0.25, 0.3) is 0 Å². The number of hydrogen-bond donors (Lipinski definition) is 0. The Hall–Kier alpha value is 0.910. The molecular weight excluding hydrogens is 476 g/mol. The van der Waals surface area contributed by atoms with Crippen LogP contribution in [0.2, 0.25) is 0 Å². The van der Waals surface area contributed by atoms with Crippen LogP contribution in [-0.2, 0) is 20.2 Å². The topological polar surface area (TPSA) is 114 Å². The molecule has 0 fully saturated rings. The minimum absolute atomic E-state index is 0. The molecule has 0 aliphatic rings. The van der Waals surface area contributed by atoms with Crippen LogP contribution in [0.4, 0.5) is 0 Å². The van der Waals surface area contributed by atoms with E-state index < -0.39 is 28.2 Å². The molecule has 0 saturated carbocycles. The molecule has 3 aromatic carbocycles. The SMILES string of the molecule is O=S(=O)([O-])c1cccc(P(c2c[c-]ccc2)c2cccc(S(=O)(=O)[O-])c2)c1.[Na+].[Na+].[Na+]. The van der Waals surface area contributed by atoms with Crippen molar-refractivity contribution >= 4 is 44.1 Å². The van der Waals surface area contributed by atoms with Gasteiger partial charge in [0.25, 0.3) is 0 Å². The maximum absolute atomic E-state index is 11.4. The molecule has 0 atom stereocenters. The summed E-state index contributed by atoms with van der Waals surface area (Å²) in [7, 11) is -10.7. The van der Waals surface area contributed by atoms with Crippen LogP contribution in [-0.4, -0.2) is 25.9 Å². The van der Waals surface area contributed by atoms with E-state index in [-0.39, 0.29) is 98.5 Å². The summed E-state index contributed by atoms with van der Waals surface area (Å²) < 4.78 is 68.3. The van der Waals surface area contributed by atoms with Crippen molar-refractivity contribution in [3.63, 3.8) is 0 Å². The third-order valence-corrected chi connectivity index (χ3v) is 7.72. The second kappa shape index (κ2) is 13.0. The first-order chi connectivity index (χ1) is 12.7. The van der Waals surface area contributed by atoms with Gasteiger partial charge in [-0.15, -0.1) is 5.30 Å². The molecule has 0 radical (unpaired) electrons. The zero-order chi connectivity index (χ0) is 19.7. The van der Waals surface area contributed by atoms with Gasteiger partial charge in [-0.1, -0.05) is 32.2 Å². The Labute approximate surface area is 244 Å². The van der Waals surface area contributed by atoms with Crippen molar-refractivity contribution in [2.24, 2.45) is 0 Å². The molecule has 0 spiro atoms. The zero-order valence-electron chi connectivity index (χ0n) is 16.6. The molecule has 6 nitrogen and oxygen atoms in total. The quantitative estimate of drug-likeness (QED) is 0.153. The van der Waals surface area contributed by atoms with Crippen LogP contribution >= 0.6 is 7.92 Å². The minimum atomic E-state index is -4.65. The van der Waals surface area contributed by atoms with E-state index >= 15 is 0 Å². The van der Waals surface area contributed by atoms with Crippen LogP contribution in [0.5, 0.6) is 0 Å².